The van der Waals surface area contributed by atoms with Crippen molar-refractivity contribution in [2.45, 2.75) is 37.2 Å². The molecular formula is C16H20N2O5S. The lowest BCUT2D eigenvalue weighted by molar-refractivity contribution is -0.153. The number of sulfonamides is 1. The monoisotopic (exact) mass is 352 g/mol. The van der Waals surface area contributed by atoms with Crippen LogP contribution in [-0.2, 0) is 24.3 Å². The van der Waals surface area contributed by atoms with E-state index in [1.54, 1.807) is 0 Å². The summed E-state index contributed by atoms with van der Waals surface area (Å²) in [7, 11) is -3.78. The second kappa shape index (κ2) is 7.59. The number of hydrogen-bond acceptors (Lipinski definition) is 5. The van der Waals surface area contributed by atoms with Crippen LogP contribution in [0.2, 0.25) is 0 Å². The van der Waals surface area contributed by atoms with Gasteiger partial charge in [-0.1, -0.05) is 12.2 Å². The number of hydrogen-bond donors (Lipinski definition) is 2. The van der Waals surface area contributed by atoms with Gasteiger partial charge in [-0.2, -0.15) is 0 Å². The molecule has 0 unspecified atom stereocenters. The number of nitrogens with one attached hydrogen (secondary N) is 1. The highest BCUT2D eigenvalue weighted by atomic mass is 32.2. The highest BCUT2D eigenvalue weighted by Crippen LogP contribution is 2.21. The molecule has 2 atom stereocenters. The molecule has 3 N–H and O–H groups in total. The van der Waals surface area contributed by atoms with Crippen LogP contribution < -0.4 is 10.5 Å². The van der Waals surface area contributed by atoms with Crippen molar-refractivity contribution in [2.24, 2.45) is 11.1 Å². The Morgan fingerprint density at radius 3 is 2.54 bits per heavy atom. The van der Waals surface area contributed by atoms with Gasteiger partial charge >= 0.3 is 5.97 Å². The molecule has 0 aromatic heterocycles. The zero-order valence-electron chi connectivity index (χ0n) is 13.3. The Labute approximate surface area is 140 Å². The third-order valence-corrected chi connectivity index (χ3v) is 4.60. The molecule has 1 aliphatic rings. The molecule has 8 heteroatoms. The molecule has 0 saturated heterocycles. The maximum atomic E-state index is 12.0. The van der Waals surface area contributed by atoms with Gasteiger partial charge < -0.3 is 10.1 Å². The Morgan fingerprint density at radius 2 is 2.00 bits per heavy atom. The van der Waals surface area contributed by atoms with Gasteiger partial charge in [-0.15, -0.1) is 0 Å². The number of esters is 1. The molecule has 130 valence electrons. The highest BCUT2D eigenvalue weighted by Gasteiger charge is 2.21. The second-order valence-electron chi connectivity index (χ2n) is 5.66. The standard InChI is InChI=1S/C16H20N2O5S/c1-11(23-15(19)10-12-4-2-3-5-12)16(20)18-13-6-8-14(9-7-13)24(17,21)22/h2,4,6-9,11-12H,3,5,10H2,1H3,(H,18,20)(H2,17,21,22)/t11-,12+/m0/s1. The Morgan fingerprint density at radius 1 is 1.33 bits per heavy atom. The van der Waals surface area contributed by atoms with Crippen molar-refractivity contribution in [3.63, 3.8) is 0 Å². The summed E-state index contributed by atoms with van der Waals surface area (Å²) in [5, 5.41) is 7.55. The highest BCUT2D eigenvalue weighted by molar-refractivity contribution is 7.89. The number of nitrogens with two attached hydrogens (primary N) is 1. The van der Waals surface area contributed by atoms with Gasteiger partial charge in [0.25, 0.3) is 5.91 Å². The fourth-order valence-corrected chi connectivity index (χ4v) is 2.87. The van der Waals surface area contributed by atoms with E-state index in [0.29, 0.717) is 5.69 Å². The lowest BCUT2D eigenvalue weighted by atomic mass is 10.1. The van der Waals surface area contributed by atoms with E-state index in [9.17, 15) is 18.0 Å². The average molecular weight is 352 g/mol. The van der Waals surface area contributed by atoms with Gasteiger partial charge in [-0.3, -0.25) is 9.59 Å². The molecule has 1 aliphatic carbocycles. The molecule has 0 heterocycles. The average Bonchev–Trinajstić information content (AvgIpc) is 2.99. The zero-order chi connectivity index (χ0) is 17.7. The summed E-state index contributed by atoms with van der Waals surface area (Å²) < 4.78 is 27.5. The number of rotatable bonds is 6. The van der Waals surface area contributed by atoms with E-state index in [1.807, 2.05) is 12.2 Å². The predicted molar refractivity (Wildman–Crippen MR) is 88.5 cm³/mol. The van der Waals surface area contributed by atoms with E-state index >= 15 is 0 Å². The van der Waals surface area contributed by atoms with Crippen LogP contribution in [0.15, 0.2) is 41.3 Å². The molecule has 7 nitrogen and oxygen atoms in total. The van der Waals surface area contributed by atoms with E-state index in [2.05, 4.69) is 5.32 Å². The van der Waals surface area contributed by atoms with Gasteiger partial charge in [-0.05, 0) is 49.9 Å². The van der Waals surface area contributed by atoms with Gasteiger partial charge in [0.15, 0.2) is 6.10 Å². The van der Waals surface area contributed by atoms with Crippen molar-refractivity contribution in [1.29, 1.82) is 0 Å². The number of allylic oxidation sites excluding steroid dienone is 2. The fraction of sp³-hybridized carbons (Fsp3) is 0.375. The van der Waals surface area contributed by atoms with Crippen LogP contribution in [0.1, 0.15) is 26.2 Å². The quantitative estimate of drug-likeness (QED) is 0.595. The van der Waals surface area contributed by atoms with Crippen molar-refractivity contribution < 1.29 is 22.7 Å². The van der Waals surface area contributed by atoms with Crippen LogP contribution in [0.3, 0.4) is 0 Å². The van der Waals surface area contributed by atoms with Gasteiger partial charge in [0.2, 0.25) is 10.0 Å². The van der Waals surface area contributed by atoms with Crippen LogP contribution in [0, 0.1) is 5.92 Å². The van der Waals surface area contributed by atoms with Gasteiger partial charge in [0, 0.05) is 5.69 Å². The van der Waals surface area contributed by atoms with Crippen molar-refractivity contribution >= 4 is 27.6 Å². The predicted octanol–water partition coefficient (Wildman–Crippen LogP) is 1.56. The summed E-state index contributed by atoms with van der Waals surface area (Å²) in [4.78, 5) is 23.8. The van der Waals surface area contributed by atoms with E-state index in [4.69, 9.17) is 9.88 Å². The molecule has 0 bridgehead atoms. The molecule has 1 aromatic rings. The summed E-state index contributed by atoms with van der Waals surface area (Å²) in [5.41, 5.74) is 0.383. The number of carbonyl (C=O) groups excluding carboxylic acids is 2. The summed E-state index contributed by atoms with van der Waals surface area (Å²) in [6.07, 6.45) is 5.21. The summed E-state index contributed by atoms with van der Waals surface area (Å²) in [6, 6.07) is 5.40. The minimum absolute atomic E-state index is 0.0513. The smallest absolute Gasteiger partial charge is 0.307 e. The molecule has 2 rings (SSSR count). The third kappa shape index (κ3) is 5.17. The first-order valence-corrected chi connectivity index (χ1v) is 9.10. The topological polar surface area (TPSA) is 116 Å². The van der Waals surface area contributed by atoms with Gasteiger partial charge in [0.1, 0.15) is 0 Å². The summed E-state index contributed by atoms with van der Waals surface area (Å²) >= 11 is 0. The second-order valence-corrected chi connectivity index (χ2v) is 7.22. The summed E-state index contributed by atoms with van der Waals surface area (Å²) in [5.74, 6) is -0.731. The van der Waals surface area contributed by atoms with Gasteiger partial charge in [-0.25, -0.2) is 13.6 Å². The Balaban J connectivity index is 1.86. The summed E-state index contributed by atoms with van der Waals surface area (Å²) in [6.45, 7) is 1.48. The first-order valence-electron chi connectivity index (χ1n) is 7.55. The lowest BCUT2D eigenvalue weighted by Crippen LogP contribution is -2.30. The van der Waals surface area contributed by atoms with Crippen LogP contribution in [0.25, 0.3) is 0 Å². The van der Waals surface area contributed by atoms with E-state index in [-0.39, 0.29) is 17.2 Å². The molecule has 0 spiro atoms. The molecule has 1 aromatic carbocycles. The fourth-order valence-electron chi connectivity index (χ4n) is 2.35. The van der Waals surface area contributed by atoms with E-state index in [1.165, 1.54) is 31.2 Å². The third-order valence-electron chi connectivity index (χ3n) is 3.67. The Bertz CT molecular complexity index is 740. The normalized spacial score (nSPS) is 18.2. The molecule has 0 aliphatic heterocycles. The number of ether oxygens (including phenoxy) is 1. The first kappa shape index (κ1) is 18.2. The maximum Gasteiger partial charge on any atom is 0.307 e. The first-order chi connectivity index (χ1) is 11.3. The molecule has 0 saturated carbocycles. The number of primary sulfonamides is 1. The molecular weight excluding hydrogens is 332 g/mol. The van der Waals surface area contributed by atoms with Crippen LogP contribution in [-0.4, -0.2) is 26.4 Å². The molecule has 24 heavy (non-hydrogen) atoms. The van der Waals surface area contributed by atoms with E-state index in [0.717, 1.165) is 12.8 Å². The molecule has 0 radical (unpaired) electrons. The van der Waals surface area contributed by atoms with Crippen LogP contribution >= 0.6 is 0 Å². The largest absolute Gasteiger partial charge is 0.453 e. The number of amides is 1. The molecule has 1 amide bonds. The zero-order valence-corrected chi connectivity index (χ0v) is 14.1. The minimum atomic E-state index is -3.78. The van der Waals surface area contributed by atoms with Crippen LogP contribution in [0.4, 0.5) is 5.69 Å². The molecule has 0 fully saturated rings. The number of anilines is 1. The van der Waals surface area contributed by atoms with Crippen molar-refractivity contribution in [1.82, 2.24) is 0 Å². The SMILES string of the molecule is C[C@H](OC(=O)C[C@@H]1C=CCC1)C(=O)Nc1ccc(S(N)(=O)=O)cc1. The maximum absolute atomic E-state index is 12.0. The lowest BCUT2D eigenvalue weighted by Gasteiger charge is -2.15. The van der Waals surface area contributed by atoms with Crippen LogP contribution in [0.5, 0.6) is 0 Å². The van der Waals surface area contributed by atoms with Crippen molar-refractivity contribution in [3.05, 3.63) is 36.4 Å². The Hall–Kier alpha value is -2.19. The van der Waals surface area contributed by atoms with Crippen molar-refractivity contribution in [2.75, 3.05) is 5.32 Å². The van der Waals surface area contributed by atoms with Gasteiger partial charge in [0.05, 0.1) is 11.3 Å². The number of benzene rings is 1. The number of carbonyl (C=O) groups is 2. The van der Waals surface area contributed by atoms with Crippen molar-refractivity contribution in [3.8, 4) is 0 Å². The Kier molecular flexibility index (Phi) is 5.74. The minimum Gasteiger partial charge on any atom is -0.453 e. The van der Waals surface area contributed by atoms with E-state index < -0.39 is 28.0 Å².